The van der Waals surface area contributed by atoms with Gasteiger partial charge in [0.1, 0.15) is 5.82 Å². The molecule has 4 aromatic rings. The first-order valence-corrected chi connectivity index (χ1v) is 9.95. The molecule has 154 valence electrons. The number of nitrogens with one attached hydrogen (secondary N) is 2. The molecule has 0 aliphatic carbocycles. The van der Waals surface area contributed by atoms with E-state index in [0.717, 1.165) is 40.6 Å². The normalized spacial score (nSPS) is 17.1. The van der Waals surface area contributed by atoms with Gasteiger partial charge in [-0.1, -0.05) is 18.2 Å². The number of anilines is 1. The Labute approximate surface area is 170 Å². The highest BCUT2D eigenvalue weighted by atomic mass is 16.2. The number of nitrogens with zero attached hydrogens (tertiary/aromatic N) is 5. The van der Waals surface area contributed by atoms with Crippen LogP contribution in [0.3, 0.4) is 0 Å². The first-order valence-electron chi connectivity index (χ1n) is 9.95. The molecule has 0 spiro atoms. The first-order chi connectivity index (χ1) is 14.5. The Morgan fingerprint density at radius 1 is 1.17 bits per heavy atom. The van der Waals surface area contributed by atoms with Gasteiger partial charge >= 0.3 is 5.69 Å². The van der Waals surface area contributed by atoms with Gasteiger partial charge in [-0.2, -0.15) is 4.98 Å². The SMILES string of the molecule is Cc1nc(Cn2c(=O)[nH]c3nc(N4CCC[C@@H](N)C4)[nH]c3c2=O)nc2ccccc12. The Morgan fingerprint density at radius 3 is 2.83 bits per heavy atom. The molecule has 1 fully saturated rings. The molecule has 10 nitrogen and oxygen atoms in total. The largest absolute Gasteiger partial charge is 0.341 e. The number of aromatic nitrogens is 6. The number of hydrogen-bond donors (Lipinski definition) is 3. The van der Waals surface area contributed by atoms with Crippen LogP contribution in [0.15, 0.2) is 33.9 Å². The second-order valence-electron chi connectivity index (χ2n) is 7.70. The third-order valence-electron chi connectivity index (χ3n) is 5.52. The molecule has 1 saturated heterocycles. The molecule has 0 amide bonds. The topological polar surface area (TPSA) is 139 Å². The number of aromatic amines is 2. The number of benzene rings is 1. The summed E-state index contributed by atoms with van der Waals surface area (Å²) < 4.78 is 1.09. The van der Waals surface area contributed by atoms with Crippen LogP contribution in [0.1, 0.15) is 24.4 Å². The maximum Gasteiger partial charge on any atom is 0.330 e. The van der Waals surface area contributed by atoms with Crippen molar-refractivity contribution < 1.29 is 0 Å². The van der Waals surface area contributed by atoms with Gasteiger partial charge < -0.3 is 15.6 Å². The van der Waals surface area contributed by atoms with Crippen molar-refractivity contribution in [1.82, 2.24) is 29.5 Å². The fourth-order valence-corrected chi connectivity index (χ4v) is 4.00. The number of H-pyrrole nitrogens is 2. The van der Waals surface area contributed by atoms with Crippen molar-refractivity contribution in [3.63, 3.8) is 0 Å². The summed E-state index contributed by atoms with van der Waals surface area (Å²) in [6.45, 7) is 3.31. The van der Waals surface area contributed by atoms with E-state index in [1.165, 1.54) is 0 Å². The van der Waals surface area contributed by atoms with E-state index < -0.39 is 11.2 Å². The van der Waals surface area contributed by atoms with Crippen LogP contribution in [0, 0.1) is 6.92 Å². The number of fused-ring (bicyclic) bond motifs is 2. The minimum atomic E-state index is -0.546. The van der Waals surface area contributed by atoms with Gasteiger partial charge in [0, 0.05) is 30.2 Å². The van der Waals surface area contributed by atoms with Crippen LogP contribution in [0.2, 0.25) is 0 Å². The van der Waals surface area contributed by atoms with Crippen molar-refractivity contribution in [1.29, 1.82) is 0 Å². The average Bonchev–Trinajstić information content (AvgIpc) is 3.15. The van der Waals surface area contributed by atoms with E-state index in [1.54, 1.807) is 0 Å². The number of piperidine rings is 1. The van der Waals surface area contributed by atoms with Crippen molar-refractivity contribution in [2.75, 3.05) is 18.0 Å². The maximum atomic E-state index is 13.0. The summed E-state index contributed by atoms with van der Waals surface area (Å²) in [5.74, 6) is 0.948. The minimum Gasteiger partial charge on any atom is -0.341 e. The number of aryl methyl sites for hydroxylation is 1. The summed E-state index contributed by atoms with van der Waals surface area (Å²) in [5, 5.41) is 0.941. The highest BCUT2D eigenvalue weighted by molar-refractivity contribution is 5.80. The van der Waals surface area contributed by atoms with Crippen LogP contribution in [-0.4, -0.2) is 48.6 Å². The molecule has 0 saturated carbocycles. The monoisotopic (exact) mass is 406 g/mol. The predicted octanol–water partition coefficient (Wildman–Crippen LogP) is 0.640. The van der Waals surface area contributed by atoms with Gasteiger partial charge in [0.2, 0.25) is 5.95 Å². The van der Waals surface area contributed by atoms with E-state index in [0.29, 0.717) is 18.3 Å². The summed E-state index contributed by atoms with van der Waals surface area (Å²) >= 11 is 0. The highest BCUT2D eigenvalue weighted by Crippen LogP contribution is 2.18. The molecule has 30 heavy (non-hydrogen) atoms. The van der Waals surface area contributed by atoms with Gasteiger partial charge in [-0.05, 0) is 25.8 Å². The second kappa shape index (κ2) is 7.06. The third kappa shape index (κ3) is 3.14. The van der Waals surface area contributed by atoms with Crippen LogP contribution < -0.4 is 21.9 Å². The van der Waals surface area contributed by atoms with Gasteiger partial charge in [-0.15, -0.1) is 0 Å². The number of imidazole rings is 1. The fraction of sp³-hybridized carbons (Fsp3) is 0.350. The van der Waals surface area contributed by atoms with Crippen LogP contribution in [-0.2, 0) is 6.54 Å². The maximum absolute atomic E-state index is 13.0. The van der Waals surface area contributed by atoms with Crippen molar-refractivity contribution in [2.24, 2.45) is 5.73 Å². The van der Waals surface area contributed by atoms with Gasteiger partial charge in [-0.25, -0.2) is 14.8 Å². The van der Waals surface area contributed by atoms with Crippen LogP contribution in [0.5, 0.6) is 0 Å². The number of hydrogen-bond acceptors (Lipinski definition) is 7. The zero-order chi connectivity index (χ0) is 20.8. The highest BCUT2D eigenvalue weighted by Gasteiger charge is 2.21. The van der Waals surface area contributed by atoms with Crippen molar-refractivity contribution in [2.45, 2.75) is 32.4 Å². The predicted molar refractivity (Wildman–Crippen MR) is 114 cm³/mol. The van der Waals surface area contributed by atoms with Gasteiger partial charge in [0.05, 0.1) is 12.1 Å². The smallest absolute Gasteiger partial charge is 0.330 e. The molecule has 4 heterocycles. The lowest BCUT2D eigenvalue weighted by Crippen LogP contribution is -2.43. The summed E-state index contributed by atoms with van der Waals surface area (Å²) in [5.41, 5.74) is 7.11. The molecular weight excluding hydrogens is 384 g/mol. The van der Waals surface area contributed by atoms with Crippen molar-refractivity contribution in [3.05, 3.63) is 56.6 Å². The van der Waals surface area contributed by atoms with E-state index in [-0.39, 0.29) is 23.8 Å². The molecule has 1 aromatic carbocycles. The molecule has 1 aliphatic rings. The second-order valence-corrected chi connectivity index (χ2v) is 7.70. The average molecular weight is 406 g/mol. The number of nitrogens with two attached hydrogens (primary N) is 1. The van der Waals surface area contributed by atoms with Crippen molar-refractivity contribution in [3.8, 4) is 0 Å². The Balaban J connectivity index is 1.55. The lowest BCUT2D eigenvalue weighted by atomic mass is 10.1. The molecular formula is C20H22N8O2. The van der Waals surface area contributed by atoms with Crippen LogP contribution in [0.25, 0.3) is 22.1 Å². The van der Waals surface area contributed by atoms with E-state index >= 15 is 0 Å². The van der Waals surface area contributed by atoms with E-state index in [4.69, 9.17) is 5.73 Å². The Morgan fingerprint density at radius 2 is 2.00 bits per heavy atom. The molecule has 4 N–H and O–H groups in total. The molecule has 0 bridgehead atoms. The Hall–Kier alpha value is -3.53. The first kappa shape index (κ1) is 18.5. The zero-order valence-corrected chi connectivity index (χ0v) is 16.6. The third-order valence-corrected chi connectivity index (χ3v) is 5.52. The standard InChI is InChI=1S/C20H22N8O2/c1-11-13-6-2-3-7-14(13)23-15(22-11)10-28-18(29)16-17(26-20(28)30)25-19(24-16)27-8-4-5-12(21)9-27/h2-3,6-7,12H,4-5,8-10,21H2,1H3,(H,24,25)(H,26,30)/t12-/m1/s1. The number of para-hydroxylation sites is 1. The Kier molecular flexibility index (Phi) is 4.35. The van der Waals surface area contributed by atoms with E-state index in [2.05, 4.69) is 24.9 Å². The lowest BCUT2D eigenvalue weighted by molar-refractivity contribution is 0.501. The molecule has 0 unspecified atom stereocenters. The van der Waals surface area contributed by atoms with Gasteiger partial charge in [0.15, 0.2) is 11.2 Å². The summed E-state index contributed by atoms with van der Waals surface area (Å²) in [7, 11) is 0. The van der Waals surface area contributed by atoms with E-state index in [9.17, 15) is 9.59 Å². The molecule has 1 aliphatic heterocycles. The van der Waals surface area contributed by atoms with Gasteiger partial charge in [-0.3, -0.25) is 14.3 Å². The minimum absolute atomic E-state index is 0.0290. The molecule has 1 atom stereocenters. The summed E-state index contributed by atoms with van der Waals surface area (Å²) in [4.78, 5) is 46.8. The molecule has 5 rings (SSSR count). The zero-order valence-electron chi connectivity index (χ0n) is 16.6. The van der Waals surface area contributed by atoms with Crippen LogP contribution >= 0.6 is 0 Å². The molecule has 3 aromatic heterocycles. The Bertz CT molecular complexity index is 1370. The van der Waals surface area contributed by atoms with E-state index in [1.807, 2.05) is 36.1 Å². The summed E-state index contributed by atoms with van der Waals surface area (Å²) in [6, 6.07) is 7.71. The van der Waals surface area contributed by atoms with Gasteiger partial charge in [0.25, 0.3) is 5.56 Å². The molecule has 10 heteroatoms. The quantitative estimate of drug-likeness (QED) is 0.454. The lowest BCUT2D eigenvalue weighted by Gasteiger charge is -2.30. The van der Waals surface area contributed by atoms with Crippen LogP contribution in [0.4, 0.5) is 5.95 Å². The summed E-state index contributed by atoms with van der Waals surface area (Å²) in [6.07, 6.45) is 1.92. The molecule has 0 radical (unpaired) electrons. The van der Waals surface area contributed by atoms with Crippen molar-refractivity contribution >= 4 is 28.0 Å². The fourth-order valence-electron chi connectivity index (χ4n) is 4.00. The number of rotatable bonds is 3.